The van der Waals surface area contributed by atoms with Crippen molar-refractivity contribution in [3.8, 4) is 0 Å². The minimum absolute atomic E-state index is 0.0216. The van der Waals surface area contributed by atoms with Crippen molar-refractivity contribution in [3.05, 3.63) is 0 Å². The predicted octanol–water partition coefficient (Wildman–Crippen LogP) is -9.87. The van der Waals surface area contributed by atoms with E-state index in [9.17, 15) is 0 Å². The average molecular weight is 521 g/mol. The van der Waals surface area contributed by atoms with Gasteiger partial charge in [-0.05, 0) is 0 Å². The summed E-state index contributed by atoms with van der Waals surface area (Å²) >= 11 is 0. The van der Waals surface area contributed by atoms with Crippen molar-refractivity contribution >= 4 is 90.1 Å². The second-order valence-electron chi connectivity index (χ2n) is 3.96. The van der Waals surface area contributed by atoms with E-state index in [1.54, 1.807) is 0 Å². The van der Waals surface area contributed by atoms with Crippen LogP contribution in [0.4, 0.5) is 0 Å². The Bertz CT molecular complexity index is 223. The van der Waals surface area contributed by atoms with Gasteiger partial charge in [0.2, 0.25) is 0 Å². The van der Waals surface area contributed by atoms with Gasteiger partial charge in [-0.15, -0.1) is 0 Å². The van der Waals surface area contributed by atoms with Crippen LogP contribution in [-0.4, -0.2) is 127 Å². The van der Waals surface area contributed by atoms with E-state index >= 15 is 0 Å². The summed E-state index contributed by atoms with van der Waals surface area (Å²) in [4.78, 5) is 0. The lowest BCUT2D eigenvalue weighted by Crippen LogP contribution is -2.21. The number of aliphatic hydroxyl groups excluding tert-OH is 2. The summed E-state index contributed by atoms with van der Waals surface area (Å²) in [6.45, 7) is 0.708. The van der Waals surface area contributed by atoms with E-state index in [2.05, 4.69) is 0 Å². The van der Waals surface area contributed by atoms with Crippen LogP contribution in [0.5, 0.6) is 0 Å². The van der Waals surface area contributed by atoms with Crippen LogP contribution in [0.1, 0.15) is 0 Å². The fourth-order valence-electron chi connectivity index (χ4n) is 1.05. The molecule has 0 aromatic carbocycles. The van der Waals surface area contributed by atoms with E-state index in [-0.39, 0.29) is 13.2 Å². The normalized spacial score (nSPS) is 15.6. The van der Waals surface area contributed by atoms with Crippen molar-refractivity contribution in [1.82, 2.24) is 0 Å². The molecule has 0 aromatic rings. The predicted molar refractivity (Wildman–Crippen MR) is 112 cm³/mol. The molecule has 0 aromatic heterocycles. The molecular weight excluding hydrogens is 493 g/mol. The Morgan fingerprint density at radius 2 is 0.640 bits per heavy atom. The fraction of sp³-hybridized carbons (Fsp3) is 1.00. The Labute approximate surface area is 168 Å². The monoisotopic (exact) mass is 520 g/mol. The number of aliphatic hydroxyl groups is 2. The first-order valence-corrected chi connectivity index (χ1v) is 17.8. The minimum Gasteiger partial charge on any atom is -0.425 e. The van der Waals surface area contributed by atoms with Gasteiger partial charge in [-0.25, -0.2) is 0 Å². The molecule has 0 heterocycles. The van der Waals surface area contributed by atoms with Crippen LogP contribution in [0.3, 0.4) is 0 Å². The summed E-state index contributed by atoms with van der Waals surface area (Å²) in [6, 6.07) is 0. The molecule has 0 unspecified atom stereocenters. The number of hydrogen-bond acceptors (Lipinski definition) is 12. The first kappa shape index (κ1) is 26.5. The zero-order valence-electron chi connectivity index (χ0n) is 14.2. The first-order valence-electron chi connectivity index (χ1n) is 7.41. The molecule has 0 spiro atoms. The highest BCUT2D eigenvalue weighted by Crippen LogP contribution is 1.79. The van der Waals surface area contributed by atoms with Gasteiger partial charge in [-0.1, -0.05) is 0 Å². The standard InChI is InChI=1S/C4H28O12Si9/c5-1-3-7-17-9-19-11-21-13-23-15-25-16-24-14-22-12-20-10-18-8-4-2-6/h5-6H,1-4,17-25H2. The summed E-state index contributed by atoms with van der Waals surface area (Å²) < 4.78 is 52.8. The third-order valence-electron chi connectivity index (χ3n) is 1.97. The molecule has 152 valence electrons. The summed E-state index contributed by atoms with van der Waals surface area (Å²) in [5, 5.41) is 17.0. The highest BCUT2D eigenvalue weighted by Gasteiger charge is 1.96. The summed E-state index contributed by atoms with van der Waals surface area (Å²) in [7, 11) is -8.95. The van der Waals surface area contributed by atoms with Crippen LogP contribution in [0, 0.1) is 0 Å². The lowest BCUT2D eigenvalue weighted by molar-refractivity contribution is 0.190. The van der Waals surface area contributed by atoms with Gasteiger partial charge in [-0.3, -0.25) is 0 Å². The maximum atomic E-state index is 8.50. The largest absolute Gasteiger partial charge is 0.425 e. The van der Waals surface area contributed by atoms with Gasteiger partial charge < -0.3 is 52.0 Å². The van der Waals surface area contributed by atoms with E-state index in [1.807, 2.05) is 0 Å². The highest BCUT2D eigenvalue weighted by molar-refractivity contribution is 6.49. The van der Waals surface area contributed by atoms with Crippen molar-refractivity contribution < 1.29 is 52.0 Å². The molecule has 0 saturated heterocycles. The first-order chi connectivity index (χ1) is 12.4. The molecule has 12 nitrogen and oxygen atoms in total. The molecule has 0 fully saturated rings. The molecule has 0 radical (unpaired) electrons. The van der Waals surface area contributed by atoms with Crippen molar-refractivity contribution in [2.24, 2.45) is 0 Å². The second kappa shape index (κ2) is 25.5. The van der Waals surface area contributed by atoms with Crippen LogP contribution in [0.15, 0.2) is 0 Å². The quantitative estimate of drug-likeness (QED) is 0.104. The smallest absolute Gasteiger partial charge is 0.295 e. The minimum atomic E-state index is -1.00. The van der Waals surface area contributed by atoms with Crippen LogP contribution >= 0.6 is 0 Å². The molecule has 0 aliphatic rings. The summed E-state index contributed by atoms with van der Waals surface area (Å²) in [5.74, 6) is 0. The van der Waals surface area contributed by atoms with E-state index < -0.39 is 90.1 Å². The number of hydrogen-bond donors (Lipinski definition) is 2. The van der Waals surface area contributed by atoms with Crippen LogP contribution < -0.4 is 0 Å². The van der Waals surface area contributed by atoms with E-state index in [0.717, 1.165) is 0 Å². The van der Waals surface area contributed by atoms with Crippen LogP contribution in [0.2, 0.25) is 0 Å². The van der Waals surface area contributed by atoms with Gasteiger partial charge >= 0.3 is 0 Å². The zero-order valence-corrected chi connectivity index (χ0v) is 26.9. The van der Waals surface area contributed by atoms with Crippen molar-refractivity contribution in [1.29, 1.82) is 0 Å². The molecule has 21 heteroatoms. The van der Waals surface area contributed by atoms with Gasteiger partial charge in [0.1, 0.15) is 0 Å². The van der Waals surface area contributed by atoms with Gasteiger partial charge in [-0.2, -0.15) is 0 Å². The molecular formula is C4H28O12Si9. The topological polar surface area (TPSA) is 133 Å². The molecule has 0 rings (SSSR count). The average Bonchev–Trinajstić information content (AvgIpc) is 2.63. The van der Waals surface area contributed by atoms with Crippen LogP contribution in [-0.2, 0) is 41.8 Å². The van der Waals surface area contributed by atoms with Gasteiger partial charge in [0, 0.05) is 0 Å². The van der Waals surface area contributed by atoms with Crippen molar-refractivity contribution in [2.75, 3.05) is 26.4 Å². The fourth-order valence-corrected chi connectivity index (χ4v) is 15.4. The Morgan fingerprint density at radius 1 is 0.400 bits per heavy atom. The molecule has 0 bridgehead atoms. The van der Waals surface area contributed by atoms with Gasteiger partial charge in [0.25, 0.3) is 90.1 Å². The summed E-state index contributed by atoms with van der Waals surface area (Å²) in [5.41, 5.74) is 0. The second-order valence-corrected chi connectivity index (χ2v) is 20.0. The Morgan fingerprint density at radius 3 is 0.880 bits per heavy atom. The molecule has 25 heavy (non-hydrogen) atoms. The van der Waals surface area contributed by atoms with Crippen LogP contribution in [0.25, 0.3) is 0 Å². The molecule has 0 amide bonds. The molecule has 0 atom stereocenters. The Balaban J connectivity index is 2.94. The molecule has 0 aliphatic carbocycles. The van der Waals surface area contributed by atoms with Gasteiger partial charge in [0.05, 0.1) is 26.4 Å². The van der Waals surface area contributed by atoms with E-state index in [4.69, 9.17) is 52.0 Å². The van der Waals surface area contributed by atoms with Crippen molar-refractivity contribution in [2.45, 2.75) is 0 Å². The molecule has 0 saturated carbocycles. The van der Waals surface area contributed by atoms with Gasteiger partial charge in [0.15, 0.2) is 0 Å². The molecule has 0 aliphatic heterocycles. The summed E-state index contributed by atoms with van der Waals surface area (Å²) in [6.07, 6.45) is 0. The number of rotatable bonds is 22. The Hall–Kier alpha value is 1.47. The van der Waals surface area contributed by atoms with Crippen molar-refractivity contribution in [3.63, 3.8) is 0 Å². The van der Waals surface area contributed by atoms with E-state index in [0.29, 0.717) is 13.2 Å². The maximum absolute atomic E-state index is 8.50. The molecule has 2 N–H and O–H groups in total. The van der Waals surface area contributed by atoms with E-state index in [1.165, 1.54) is 0 Å². The third kappa shape index (κ3) is 25.5. The SMILES string of the molecule is OCCO[SiH2]O[SiH2]O[SiH2]O[SiH2]O[SiH2]O[SiH2]O[SiH2]O[SiH2]O[SiH2]OCCO. The maximum Gasteiger partial charge on any atom is 0.295 e. The lowest BCUT2D eigenvalue weighted by atomic mass is 10.8. The zero-order chi connectivity index (χ0) is 18.3. The highest BCUT2D eigenvalue weighted by atomic mass is 28.4. The Kier molecular flexibility index (Phi) is 27.0. The lowest BCUT2D eigenvalue weighted by Gasteiger charge is -2.09. The third-order valence-corrected chi connectivity index (χ3v) is 13.5.